The summed E-state index contributed by atoms with van der Waals surface area (Å²) in [7, 11) is 0. The van der Waals surface area contributed by atoms with E-state index >= 15 is 0 Å². The molecular formula is C11H14ClF. The van der Waals surface area contributed by atoms with Crippen molar-refractivity contribution in [2.24, 2.45) is 0 Å². The number of hydrogen-bond donors (Lipinski definition) is 0. The van der Waals surface area contributed by atoms with E-state index in [0.29, 0.717) is 0 Å². The van der Waals surface area contributed by atoms with Gasteiger partial charge in [-0.2, -0.15) is 0 Å². The van der Waals surface area contributed by atoms with Gasteiger partial charge in [-0.3, -0.25) is 0 Å². The third-order valence-electron chi connectivity index (χ3n) is 2.11. The Kier molecular flexibility index (Phi) is 3.73. The van der Waals surface area contributed by atoms with E-state index in [1.54, 1.807) is 6.07 Å². The predicted octanol–water partition coefficient (Wildman–Crippen LogP) is 3.95. The molecule has 0 aromatic heterocycles. The first-order valence-corrected chi connectivity index (χ1v) is 4.93. The van der Waals surface area contributed by atoms with Crippen LogP contribution in [0.2, 0.25) is 0 Å². The Hall–Kier alpha value is -0.560. The van der Waals surface area contributed by atoms with Crippen molar-refractivity contribution in [3.63, 3.8) is 0 Å². The summed E-state index contributed by atoms with van der Waals surface area (Å²) in [6.45, 7) is 3.93. The zero-order valence-corrected chi connectivity index (χ0v) is 8.68. The first-order chi connectivity index (χ1) is 6.11. The summed E-state index contributed by atoms with van der Waals surface area (Å²) in [6, 6.07) is 6.87. The third-order valence-corrected chi connectivity index (χ3v) is 2.29. The topological polar surface area (TPSA) is 0 Å². The summed E-state index contributed by atoms with van der Waals surface area (Å²) in [4.78, 5) is 0. The molecule has 0 aliphatic carbocycles. The molecule has 1 aromatic rings. The minimum atomic E-state index is -0.132. The fourth-order valence-corrected chi connectivity index (χ4v) is 1.76. The largest absolute Gasteiger partial charge is 0.207 e. The van der Waals surface area contributed by atoms with Crippen LogP contribution in [0.4, 0.5) is 4.39 Å². The van der Waals surface area contributed by atoms with Gasteiger partial charge in [0.1, 0.15) is 5.82 Å². The van der Waals surface area contributed by atoms with Crippen LogP contribution in [0.3, 0.4) is 0 Å². The molecule has 13 heavy (non-hydrogen) atoms. The Morgan fingerprint density at radius 2 is 1.92 bits per heavy atom. The predicted molar refractivity (Wildman–Crippen MR) is 54.7 cm³/mol. The van der Waals surface area contributed by atoms with Gasteiger partial charge in [0.15, 0.2) is 0 Å². The standard InChI is InChI=1S/C11H14ClF/c1-8(7-9(2)12)10-5-3-4-6-11(10)13/h3-6,8-9H,7H2,1-2H3. The van der Waals surface area contributed by atoms with Crippen LogP contribution in [0.15, 0.2) is 24.3 Å². The molecular weight excluding hydrogens is 187 g/mol. The maximum Gasteiger partial charge on any atom is 0.126 e. The van der Waals surface area contributed by atoms with Crippen molar-refractivity contribution in [3.8, 4) is 0 Å². The number of halogens is 2. The number of rotatable bonds is 3. The van der Waals surface area contributed by atoms with Gasteiger partial charge in [-0.15, -0.1) is 11.6 Å². The van der Waals surface area contributed by atoms with Crippen molar-refractivity contribution in [2.75, 3.05) is 0 Å². The van der Waals surface area contributed by atoms with Gasteiger partial charge < -0.3 is 0 Å². The second-order valence-corrected chi connectivity index (χ2v) is 4.18. The van der Waals surface area contributed by atoms with E-state index in [0.717, 1.165) is 12.0 Å². The van der Waals surface area contributed by atoms with E-state index in [-0.39, 0.29) is 17.1 Å². The lowest BCUT2D eigenvalue weighted by atomic mass is 9.96. The van der Waals surface area contributed by atoms with Gasteiger partial charge in [0.2, 0.25) is 0 Å². The van der Waals surface area contributed by atoms with Crippen molar-refractivity contribution in [3.05, 3.63) is 35.6 Å². The van der Waals surface area contributed by atoms with Crippen LogP contribution >= 0.6 is 11.6 Å². The summed E-state index contributed by atoms with van der Waals surface area (Å²) in [5.74, 6) is 0.0565. The molecule has 2 heteroatoms. The number of alkyl halides is 1. The Morgan fingerprint density at radius 1 is 1.31 bits per heavy atom. The normalized spacial score (nSPS) is 15.4. The molecule has 0 saturated heterocycles. The van der Waals surface area contributed by atoms with E-state index in [1.165, 1.54) is 6.07 Å². The Morgan fingerprint density at radius 3 is 2.46 bits per heavy atom. The van der Waals surface area contributed by atoms with Gasteiger partial charge in [0.05, 0.1) is 0 Å². The molecule has 0 nitrogen and oxygen atoms in total. The Labute approximate surface area is 83.7 Å². The van der Waals surface area contributed by atoms with Crippen LogP contribution in [-0.4, -0.2) is 5.38 Å². The minimum absolute atomic E-state index is 0.0922. The van der Waals surface area contributed by atoms with Crippen molar-refractivity contribution in [2.45, 2.75) is 31.6 Å². The second-order valence-electron chi connectivity index (χ2n) is 3.44. The first kappa shape index (κ1) is 10.5. The second kappa shape index (κ2) is 4.61. The van der Waals surface area contributed by atoms with Crippen LogP contribution in [0.1, 0.15) is 31.7 Å². The molecule has 2 atom stereocenters. The number of benzene rings is 1. The molecule has 1 aromatic carbocycles. The van der Waals surface area contributed by atoms with Crippen LogP contribution in [0.25, 0.3) is 0 Å². The van der Waals surface area contributed by atoms with Crippen LogP contribution in [-0.2, 0) is 0 Å². The molecule has 2 unspecified atom stereocenters. The average Bonchev–Trinajstić information content (AvgIpc) is 2.03. The zero-order valence-electron chi connectivity index (χ0n) is 7.93. The molecule has 0 aliphatic rings. The van der Waals surface area contributed by atoms with Crippen LogP contribution < -0.4 is 0 Å². The molecule has 0 N–H and O–H groups in total. The third kappa shape index (κ3) is 3.00. The molecule has 0 amide bonds. The lowest BCUT2D eigenvalue weighted by molar-refractivity contribution is 0.572. The molecule has 0 aliphatic heterocycles. The van der Waals surface area contributed by atoms with Gasteiger partial charge in [-0.1, -0.05) is 25.1 Å². The van der Waals surface area contributed by atoms with E-state index in [2.05, 4.69) is 0 Å². The van der Waals surface area contributed by atoms with E-state index in [4.69, 9.17) is 11.6 Å². The van der Waals surface area contributed by atoms with E-state index in [9.17, 15) is 4.39 Å². The highest BCUT2D eigenvalue weighted by Crippen LogP contribution is 2.24. The lowest BCUT2D eigenvalue weighted by Crippen LogP contribution is -2.02. The molecule has 0 radical (unpaired) electrons. The van der Waals surface area contributed by atoms with Gasteiger partial charge in [0, 0.05) is 5.38 Å². The van der Waals surface area contributed by atoms with Gasteiger partial charge in [0.25, 0.3) is 0 Å². The Bertz CT molecular complexity index is 271. The molecule has 0 heterocycles. The van der Waals surface area contributed by atoms with Crippen LogP contribution in [0.5, 0.6) is 0 Å². The fraction of sp³-hybridized carbons (Fsp3) is 0.455. The van der Waals surface area contributed by atoms with Gasteiger partial charge in [-0.05, 0) is 30.9 Å². The van der Waals surface area contributed by atoms with Crippen molar-refractivity contribution < 1.29 is 4.39 Å². The lowest BCUT2D eigenvalue weighted by Gasteiger charge is -2.13. The first-order valence-electron chi connectivity index (χ1n) is 4.49. The summed E-state index contributed by atoms with van der Waals surface area (Å²) < 4.78 is 13.2. The van der Waals surface area contributed by atoms with Crippen molar-refractivity contribution in [1.82, 2.24) is 0 Å². The minimum Gasteiger partial charge on any atom is -0.207 e. The highest BCUT2D eigenvalue weighted by atomic mass is 35.5. The molecule has 0 saturated carbocycles. The fourth-order valence-electron chi connectivity index (χ4n) is 1.49. The van der Waals surface area contributed by atoms with Crippen molar-refractivity contribution in [1.29, 1.82) is 0 Å². The van der Waals surface area contributed by atoms with Gasteiger partial charge in [-0.25, -0.2) is 4.39 Å². The quantitative estimate of drug-likeness (QED) is 0.649. The van der Waals surface area contributed by atoms with Gasteiger partial charge >= 0.3 is 0 Å². The van der Waals surface area contributed by atoms with E-state index < -0.39 is 0 Å². The SMILES string of the molecule is CC(Cl)CC(C)c1ccccc1F. The Balaban J connectivity index is 2.76. The zero-order chi connectivity index (χ0) is 9.84. The highest BCUT2D eigenvalue weighted by Gasteiger charge is 2.12. The molecule has 0 fully saturated rings. The summed E-state index contributed by atoms with van der Waals surface area (Å²) >= 11 is 5.85. The summed E-state index contributed by atoms with van der Waals surface area (Å²) in [5.41, 5.74) is 0.759. The number of hydrogen-bond acceptors (Lipinski definition) is 0. The molecule has 1 rings (SSSR count). The smallest absolute Gasteiger partial charge is 0.126 e. The maximum absolute atomic E-state index is 13.2. The summed E-state index contributed by atoms with van der Waals surface area (Å²) in [5, 5.41) is 0.0922. The van der Waals surface area contributed by atoms with E-state index in [1.807, 2.05) is 26.0 Å². The monoisotopic (exact) mass is 200 g/mol. The maximum atomic E-state index is 13.2. The molecule has 0 spiro atoms. The van der Waals surface area contributed by atoms with Crippen LogP contribution in [0, 0.1) is 5.82 Å². The highest BCUT2D eigenvalue weighted by molar-refractivity contribution is 6.20. The molecule has 0 bridgehead atoms. The summed E-state index contributed by atoms with van der Waals surface area (Å²) in [6.07, 6.45) is 0.808. The molecule has 72 valence electrons. The average molecular weight is 201 g/mol. The van der Waals surface area contributed by atoms with Crippen molar-refractivity contribution >= 4 is 11.6 Å².